The molecule has 0 saturated carbocycles. The Kier molecular flexibility index (Phi) is 5.33. The summed E-state index contributed by atoms with van der Waals surface area (Å²) in [7, 11) is 1.88. The molecule has 17 heavy (non-hydrogen) atoms. The van der Waals surface area contributed by atoms with Crippen LogP contribution in [0.2, 0.25) is 0 Å². The summed E-state index contributed by atoms with van der Waals surface area (Å²) < 4.78 is 2.76. The first-order chi connectivity index (χ1) is 8.01. The van der Waals surface area contributed by atoms with Crippen molar-refractivity contribution in [3.8, 4) is 0 Å². The second-order valence-corrected chi connectivity index (χ2v) is 5.10. The molecule has 0 aliphatic heterocycles. The van der Waals surface area contributed by atoms with Crippen LogP contribution in [0.3, 0.4) is 0 Å². The first-order valence-electron chi connectivity index (χ1n) is 5.94. The molecule has 1 unspecified atom stereocenters. The summed E-state index contributed by atoms with van der Waals surface area (Å²) in [4.78, 5) is 12.0. The molecule has 0 aliphatic carbocycles. The van der Waals surface area contributed by atoms with Gasteiger partial charge in [0.1, 0.15) is 5.78 Å². The molecule has 4 nitrogen and oxygen atoms in total. The summed E-state index contributed by atoms with van der Waals surface area (Å²) in [5.74, 6) is 0.244. The van der Waals surface area contributed by atoms with Crippen molar-refractivity contribution in [2.75, 3.05) is 6.54 Å². The van der Waals surface area contributed by atoms with Crippen molar-refractivity contribution in [3.63, 3.8) is 0 Å². The van der Waals surface area contributed by atoms with Crippen LogP contribution in [0.25, 0.3) is 0 Å². The van der Waals surface area contributed by atoms with Crippen LogP contribution in [0.1, 0.15) is 31.7 Å². The van der Waals surface area contributed by atoms with E-state index in [1.54, 1.807) is 4.68 Å². The average Bonchev–Trinajstić information content (AvgIpc) is 2.56. The number of halogens is 1. The number of nitrogens with two attached hydrogens (primary N) is 1. The van der Waals surface area contributed by atoms with E-state index in [0.29, 0.717) is 13.0 Å². The van der Waals surface area contributed by atoms with Crippen LogP contribution in [-0.2, 0) is 24.7 Å². The Bertz CT molecular complexity index is 401. The van der Waals surface area contributed by atoms with Crippen LogP contribution >= 0.6 is 15.9 Å². The highest BCUT2D eigenvalue weighted by Crippen LogP contribution is 2.23. The lowest BCUT2D eigenvalue weighted by molar-refractivity contribution is -0.121. The van der Waals surface area contributed by atoms with Gasteiger partial charge in [0.2, 0.25) is 0 Å². The number of carbonyl (C=O) groups is 1. The van der Waals surface area contributed by atoms with Gasteiger partial charge in [0.15, 0.2) is 0 Å². The maximum atomic E-state index is 12.0. The summed E-state index contributed by atoms with van der Waals surface area (Å²) in [5.41, 5.74) is 7.42. The minimum atomic E-state index is 0.0203. The van der Waals surface area contributed by atoms with E-state index in [9.17, 15) is 4.79 Å². The highest BCUT2D eigenvalue weighted by Gasteiger charge is 2.19. The number of aryl methyl sites for hydroxylation is 2. The van der Waals surface area contributed by atoms with Crippen molar-refractivity contribution < 1.29 is 4.79 Å². The fourth-order valence-electron chi connectivity index (χ4n) is 1.76. The quantitative estimate of drug-likeness (QED) is 0.872. The lowest BCUT2D eigenvalue weighted by atomic mass is 9.99. The SMILES string of the molecule is CCc1nn(C)c(CC(=O)C(C)CCN)c1Br. The van der Waals surface area contributed by atoms with E-state index in [0.717, 1.165) is 28.7 Å². The normalized spacial score (nSPS) is 12.8. The molecule has 1 atom stereocenters. The smallest absolute Gasteiger partial charge is 0.141 e. The molecule has 1 heterocycles. The third kappa shape index (κ3) is 3.39. The number of carbonyl (C=O) groups excluding carboxylic acids is 1. The van der Waals surface area contributed by atoms with Gasteiger partial charge in [-0.05, 0) is 35.3 Å². The monoisotopic (exact) mass is 301 g/mol. The lowest BCUT2D eigenvalue weighted by Gasteiger charge is -2.09. The molecule has 1 aromatic rings. The zero-order valence-corrected chi connectivity index (χ0v) is 12.2. The van der Waals surface area contributed by atoms with Crippen molar-refractivity contribution >= 4 is 21.7 Å². The van der Waals surface area contributed by atoms with Crippen LogP contribution in [0, 0.1) is 5.92 Å². The topological polar surface area (TPSA) is 60.9 Å². The maximum Gasteiger partial charge on any atom is 0.141 e. The summed E-state index contributed by atoms with van der Waals surface area (Å²) in [6.07, 6.45) is 2.03. The zero-order chi connectivity index (χ0) is 13.0. The van der Waals surface area contributed by atoms with E-state index in [-0.39, 0.29) is 11.7 Å². The minimum Gasteiger partial charge on any atom is -0.330 e. The second-order valence-electron chi connectivity index (χ2n) is 4.31. The first kappa shape index (κ1) is 14.4. The summed E-state index contributed by atoms with van der Waals surface area (Å²) >= 11 is 3.52. The summed E-state index contributed by atoms with van der Waals surface area (Å²) in [6.45, 7) is 4.54. The number of hydrogen-bond acceptors (Lipinski definition) is 3. The highest BCUT2D eigenvalue weighted by atomic mass is 79.9. The number of nitrogens with zero attached hydrogens (tertiary/aromatic N) is 2. The van der Waals surface area contributed by atoms with Crippen LogP contribution in [-0.4, -0.2) is 22.1 Å². The maximum absolute atomic E-state index is 12.0. The van der Waals surface area contributed by atoms with Gasteiger partial charge in [0.05, 0.1) is 15.9 Å². The number of hydrogen-bond donors (Lipinski definition) is 1. The Balaban J connectivity index is 2.81. The molecule has 0 bridgehead atoms. The first-order valence-corrected chi connectivity index (χ1v) is 6.73. The molecule has 0 amide bonds. The standard InChI is InChI=1S/C12H20BrN3O/c1-4-9-12(13)10(16(3)15-9)7-11(17)8(2)5-6-14/h8H,4-7,14H2,1-3H3. The molecular weight excluding hydrogens is 282 g/mol. The van der Waals surface area contributed by atoms with E-state index >= 15 is 0 Å². The van der Waals surface area contributed by atoms with Crippen molar-refractivity contribution in [1.82, 2.24) is 9.78 Å². The van der Waals surface area contributed by atoms with Crippen LogP contribution in [0.5, 0.6) is 0 Å². The predicted octanol–water partition coefficient (Wildman–Crippen LogP) is 1.84. The predicted molar refractivity (Wildman–Crippen MR) is 71.8 cm³/mol. The molecule has 0 aromatic carbocycles. The molecule has 0 aliphatic rings. The molecular formula is C12H20BrN3O. The number of ketones is 1. The van der Waals surface area contributed by atoms with E-state index in [1.807, 2.05) is 14.0 Å². The summed E-state index contributed by atoms with van der Waals surface area (Å²) in [5, 5.41) is 4.38. The largest absolute Gasteiger partial charge is 0.330 e. The van der Waals surface area contributed by atoms with Crippen molar-refractivity contribution in [2.45, 2.75) is 33.1 Å². The van der Waals surface area contributed by atoms with Crippen LogP contribution < -0.4 is 5.73 Å². The molecule has 0 fully saturated rings. The Morgan fingerprint density at radius 2 is 2.24 bits per heavy atom. The van der Waals surface area contributed by atoms with Gasteiger partial charge in [-0.2, -0.15) is 5.10 Å². The Hall–Kier alpha value is -0.680. The fraction of sp³-hybridized carbons (Fsp3) is 0.667. The van der Waals surface area contributed by atoms with Crippen molar-refractivity contribution in [1.29, 1.82) is 0 Å². The van der Waals surface area contributed by atoms with Gasteiger partial charge in [0.25, 0.3) is 0 Å². The lowest BCUT2D eigenvalue weighted by Crippen LogP contribution is -2.18. The van der Waals surface area contributed by atoms with E-state index in [4.69, 9.17) is 5.73 Å². The summed E-state index contributed by atoms with van der Waals surface area (Å²) in [6, 6.07) is 0. The molecule has 0 spiro atoms. The Labute approximate surface area is 111 Å². The molecule has 1 rings (SSSR count). The van der Waals surface area contributed by atoms with Gasteiger partial charge in [-0.15, -0.1) is 0 Å². The third-order valence-electron chi connectivity index (χ3n) is 2.99. The minimum absolute atomic E-state index is 0.0203. The number of Topliss-reactive ketones (excluding diaryl/α,β-unsaturated/α-hetero) is 1. The fourth-order valence-corrected chi connectivity index (χ4v) is 2.52. The van der Waals surface area contributed by atoms with Crippen LogP contribution in [0.4, 0.5) is 0 Å². The van der Waals surface area contributed by atoms with Gasteiger partial charge in [-0.25, -0.2) is 0 Å². The Morgan fingerprint density at radius 1 is 1.59 bits per heavy atom. The molecule has 96 valence electrons. The zero-order valence-electron chi connectivity index (χ0n) is 10.7. The van der Waals surface area contributed by atoms with E-state index in [1.165, 1.54) is 0 Å². The third-order valence-corrected chi connectivity index (χ3v) is 3.91. The molecule has 1 aromatic heterocycles. The number of aromatic nitrogens is 2. The van der Waals surface area contributed by atoms with Crippen LogP contribution in [0.15, 0.2) is 4.47 Å². The number of rotatable bonds is 6. The van der Waals surface area contributed by atoms with Crippen molar-refractivity contribution in [3.05, 3.63) is 15.9 Å². The average molecular weight is 302 g/mol. The van der Waals surface area contributed by atoms with Gasteiger partial charge >= 0.3 is 0 Å². The van der Waals surface area contributed by atoms with Crippen molar-refractivity contribution in [2.24, 2.45) is 18.7 Å². The van der Waals surface area contributed by atoms with Gasteiger partial charge in [0, 0.05) is 19.4 Å². The van der Waals surface area contributed by atoms with Gasteiger partial charge < -0.3 is 5.73 Å². The van der Waals surface area contributed by atoms with Gasteiger partial charge in [-0.1, -0.05) is 13.8 Å². The van der Waals surface area contributed by atoms with E-state index < -0.39 is 0 Å². The molecule has 2 N–H and O–H groups in total. The van der Waals surface area contributed by atoms with E-state index in [2.05, 4.69) is 28.0 Å². The Morgan fingerprint density at radius 3 is 2.71 bits per heavy atom. The molecule has 0 radical (unpaired) electrons. The molecule has 5 heteroatoms. The second kappa shape index (κ2) is 6.31. The van der Waals surface area contributed by atoms with Gasteiger partial charge in [-0.3, -0.25) is 9.48 Å². The highest BCUT2D eigenvalue weighted by molar-refractivity contribution is 9.10. The molecule has 0 saturated heterocycles.